The zero-order chi connectivity index (χ0) is 13.1. The van der Waals surface area contributed by atoms with E-state index in [2.05, 4.69) is 10.1 Å². The Morgan fingerprint density at radius 1 is 1.44 bits per heavy atom. The fourth-order valence-corrected chi connectivity index (χ4v) is 1.33. The molecule has 7 heteroatoms. The van der Waals surface area contributed by atoms with E-state index in [9.17, 15) is 18.0 Å². The molecule has 3 nitrogen and oxygen atoms in total. The van der Waals surface area contributed by atoms with Crippen molar-refractivity contribution in [3.63, 3.8) is 0 Å². The lowest BCUT2D eigenvalue weighted by atomic mass is 10.2. The molecule has 1 aromatic rings. The monoisotopic (exact) mass is 283 g/mol. The molecule has 1 aromatic carbocycles. The molecule has 0 spiro atoms. The molecule has 0 atom stereocenters. The van der Waals surface area contributed by atoms with Gasteiger partial charge in [-0.1, -0.05) is 19.0 Å². The third-order valence-electron chi connectivity index (χ3n) is 1.79. The first-order chi connectivity index (χ1) is 7.84. The Morgan fingerprint density at radius 2 is 2.06 bits per heavy atom. The van der Waals surface area contributed by atoms with Crippen molar-refractivity contribution in [1.82, 2.24) is 0 Å². The number of hydrogen-bond donors (Lipinski definition) is 1. The fraction of sp³-hybridized carbons (Fsp3) is 0.364. The molecule has 0 aliphatic carbocycles. The topological polar surface area (TPSA) is 38.3 Å². The predicted molar refractivity (Wildman–Crippen MR) is 63.8 cm³/mol. The predicted octanol–water partition coefficient (Wildman–Crippen LogP) is 4.56. The minimum atomic E-state index is -4.57. The SMILES string of the molecule is C.CCOC(=O)Nc1ccc(Cl)c(C(F)(F)F)c1. The number of nitrogens with one attached hydrogen (secondary N) is 1. The Labute approximate surface area is 108 Å². The molecular weight excluding hydrogens is 271 g/mol. The van der Waals surface area contributed by atoms with Gasteiger partial charge in [0.25, 0.3) is 0 Å². The van der Waals surface area contributed by atoms with Gasteiger partial charge < -0.3 is 4.74 Å². The molecule has 0 aromatic heterocycles. The van der Waals surface area contributed by atoms with E-state index in [1.807, 2.05) is 0 Å². The van der Waals surface area contributed by atoms with Crippen molar-refractivity contribution in [2.75, 3.05) is 11.9 Å². The second-order valence-corrected chi connectivity index (χ2v) is 3.45. The largest absolute Gasteiger partial charge is 0.450 e. The van der Waals surface area contributed by atoms with Crippen LogP contribution in [0.15, 0.2) is 18.2 Å². The first-order valence-corrected chi connectivity index (χ1v) is 5.03. The van der Waals surface area contributed by atoms with Gasteiger partial charge in [0.2, 0.25) is 0 Å². The van der Waals surface area contributed by atoms with Crippen molar-refractivity contribution in [3.8, 4) is 0 Å². The van der Waals surface area contributed by atoms with E-state index < -0.39 is 22.9 Å². The summed E-state index contributed by atoms with van der Waals surface area (Å²) in [5.74, 6) is 0. The summed E-state index contributed by atoms with van der Waals surface area (Å²) < 4.78 is 42.0. The molecule has 102 valence electrons. The van der Waals surface area contributed by atoms with Crippen molar-refractivity contribution in [1.29, 1.82) is 0 Å². The van der Waals surface area contributed by atoms with E-state index in [-0.39, 0.29) is 19.7 Å². The summed E-state index contributed by atoms with van der Waals surface area (Å²) in [4.78, 5) is 11.0. The zero-order valence-corrected chi connectivity index (χ0v) is 9.52. The molecule has 0 saturated heterocycles. The molecule has 0 aliphatic rings. The second-order valence-electron chi connectivity index (χ2n) is 3.04. The number of anilines is 1. The van der Waals surface area contributed by atoms with Gasteiger partial charge in [-0.3, -0.25) is 5.32 Å². The normalized spacial score (nSPS) is 10.5. The van der Waals surface area contributed by atoms with Crippen molar-refractivity contribution < 1.29 is 22.7 Å². The molecular formula is C11H13ClF3NO2. The molecule has 0 fully saturated rings. The molecule has 0 radical (unpaired) electrons. The van der Waals surface area contributed by atoms with Crippen LogP contribution >= 0.6 is 11.6 Å². The van der Waals surface area contributed by atoms with E-state index in [4.69, 9.17) is 11.6 Å². The Bertz CT molecular complexity index is 421. The van der Waals surface area contributed by atoms with Crippen molar-refractivity contribution >= 4 is 23.4 Å². The van der Waals surface area contributed by atoms with Crippen LogP contribution in [0.4, 0.5) is 23.7 Å². The summed E-state index contributed by atoms with van der Waals surface area (Å²) in [5, 5.41) is 1.74. The number of hydrogen-bond acceptors (Lipinski definition) is 2. The van der Waals surface area contributed by atoms with Crippen molar-refractivity contribution in [2.24, 2.45) is 0 Å². The quantitative estimate of drug-likeness (QED) is 0.864. The van der Waals surface area contributed by atoms with Gasteiger partial charge >= 0.3 is 12.3 Å². The molecule has 0 bridgehead atoms. The van der Waals surface area contributed by atoms with Gasteiger partial charge in [-0.2, -0.15) is 13.2 Å². The third kappa shape index (κ3) is 4.44. The number of halogens is 4. The van der Waals surface area contributed by atoms with E-state index in [1.54, 1.807) is 6.92 Å². The lowest BCUT2D eigenvalue weighted by molar-refractivity contribution is -0.137. The van der Waals surface area contributed by atoms with Gasteiger partial charge in [-0.05, 0) is 25.1 Å². The maximum atomic E-state index is 12.5. The van der Waals surface area contributed by atoms with E-state index in [0.717, 1.165) is 12.1 Å². The van der Waals surface area contributed by atoms with Crippen LogP contribution in [0.25, 0.3) is 0 Å². The number of benzene rings is 1. The van der Waals surface area contributed by atoms with Crippen LogP contribution in [0.1, 0.15) is 19.9 Å². The maximum absolute atomic E-state index is 12.5. The summed E-state index contributed by atoms with van der Waals surface area (Å²) in [6.07, 6.45) is -5.38. The minimum absolute atomic E-state index is 0. The van der Waals surface area contributed by atoms with E-state index >= 15 is 0 Å². The van der Waals surface area contributed by atoms with Crippen LogP contribution in [0.5, 0.6) is 0 Å². The maximum Gasteiger partial charge on any atom is 0.417 e. The Balaban J connectivity index is 0.00000289. The average Bonchev–Trinajstić information content (AvgIpc) is 2.19. The van der Waals surface area contributed by atoms with Crippen LogP contribution in [-0.4, -0.2) is 12.7 Å². The lowest BCUT2D eigenvalue weighted by Gasteiger charge is -2.11. The Hall–Kier alpha value is -1.43. The number of alkyl halides is 3. The van der Waals surface area contributed by atoms with Crippen molar-refractivity contribution in [2.45, 2.75) is 20.5 Å². The number of ether oxygens (including phenoxy) is 1. The van der Waals surface area contributed by atoms with Gasteiger partial charge in [0, 0.05) is 5.69 Å². The summed E-state index contributed by atoms with van der Waals surface area (Å²) in [6.45, 7) is 1.72. The number of rotatable bonds is 2. The summed E-state index contributed by atoms with van der Waals surface area (Å²) in [7, 11) is 0. The highest BCUT2D eigenvalue weighted by atomic mass is 35.5. The first-order valence-electron chi connectivity index (χ1n) is 4.65. The highest BCUT2D eigenvalue weighted by Crippen LogP contribution is 2.36. The fourth-order valence-electron chi connectivity index (χ4n) is 1.11. The van der Waals surface area contributed by atoms with E-state index in [0.29, 0.717) is 0 Å². The van der Waals surface area contributed by atoms with Gasteiger partial charge in [-0.15, -0.1) is 0 Å². The highest BCUT2D eigenvalue weighted by Gasteiger charge is 2.33. The minimum Gasteiger partial charge on any atom is -0.450 e. The van der Waals surface area contributed by atoms with Crippen LogP contribution in [0.3, 0.4) is 0 Å². The first kappa shape index (κ1) is 16.6. The summed E-state index contributed by atoms with van der Waals surface area (Å²) in [5.41, 5.74) is -1.03. The van der Waals surface area contributed by atoms with Crippen molar-refractivity contribution in [3.05, 3.63) is 28.8 Å². The van der Waals surface area contributed by atoms with Gasteiger partial charge in [0.15, 0.2) is 0 Å². The molecule has 0 saturated carbocycles. The number of carbonyl (C=O) groups is 1. The standard InChI is InChI=1S/C10H9ClF3NO2.CH4/c1-2-17-9(16)15-6-3-4-8(11)7(5-6)10(12,13)14;/h3-5H,2H2,1H3,(H,15,16);1H4. The molecule has 0 aliphatic heterocycles. The van der Waals surface area contributed by atoms with Gasteiger partial charge in [0.05, 0.1) is 17.2 Å². The molecule has 18 heavy (non-hydrogen) atoms. The van der Waals surface area contributed by atoms with Gasteiger partial charge in [0.1, 0.15) is 0 Å². The lowest BCUT2D eigenvalue weighted by Crippen LogP contribution is -2.14. The number of carbonyl (C=O) groups excluding carboxylic acids is 1. The Kier molecular flexibility index (Phi) is 5.97. The molecule has 1 N–H and O–H groups in total. The van der Waals surface area contributed by atoms with Crippen LogP contribution in [0, 0.1) is 0 Å². The van der Waals surface area contributed by atoms with Gasteiger partial charge in [-0.25, -0.2) is 4.79 Å². The summed E-state index contributed by atoms with van der Waals surface area (Å²) >= 11 is 5.41. The zero-order valence-electron chi connectivity index (χ0n) is 8.77. The highest BCUT2D eigenvalue weighted by molar-refractivity contribution is 6.31. The molecule has 1 amide bonds. The Morgan fingerprint density at radius 3 is 2.56 bits per heavy atom. The number of amides is 1. The molecule has 0 unspecified atom stereocenters. The second kappa shape index (κ2) is 6.49. The van der Waals surface area contributed by atoms with Crippen LogP contribution in [0.2, 0.25) is 5.02 Å². The van der Waals surface area contributed by atoms with Crippen LogP contribution < -0.4 is 5.32 Å². The molecule has 0 heterocycles. The summed E-state index contributed by atoms with van der Waals surface area (Å²) in [6, 6.07) is 3.07. The van der Waals surface area contributed by atoms with Crippen LogP contribution in [-0.2, 0) is 10.9 Å². The smallest absolute Gasteiger partial charge is 0.417 e. The third-order valence-corrected chi connectivity index (χ3v) is 2.12. The average molecular weight is 284 g/mol. The van der Waals surface area contributed by atoms with E-state index in [1.165, 1.54) is 6.07 Å². The molecule has 1 rings (SSSR count).